The van der Waals surface area contributed by atoms with Crippen LogP contribution in [0.2, 0.25) is 0 Å². The van der Waals surface area contributed by atoms with Crippen molar-refractivity contribution in [3.05, 3.63) is 58.7 Å². The fraction of sp³-hybridized carbons (Fsp3) is 0.238. The lowest BCUT2D eigenvalue weighted by Gasteiger charge is -2.27. The summed E-state index contributed by atoms with van der Waals surface area (Å²) >= 11 is 3.45. The van der Waals surface area contributed by atoms with Crippen LogP contribution >= 0.6 is 15.9 Å². The van der Waals surface area contributed by atoms with Crippen molar-refractivity contribution in [3.63, 3.8) is 0 Å². The molecule has 0 amide bonds. The molecule has 2 aromatic carbocycles. The van der Waals surface area contributed by atoms with E-state index in [0.29, 0.717) is 41.1 Å². The third-order valence-electron chi connectivity index (χ3n) is 4.98. The Morgan fingerprint density at radius 2 is 1.94 bits per heavy atom. The Labute approximate surface area is 188 Å². The Hall–Kier alpha value is -2.53. The zero-order valence-electron chi connectivity index (χ0n) is 16.7. The minimum absolute atomic E-state index is 0.0275. The number of methoxy groups -OCH3 is 1. The molecule has 0 saturated carbocycles. The number of ether oxygens (including phenoxy) is 2. The fourth-order valence-corrected chi connectivity index (χ4v) is 5.29. The van der Waals surface area contributed by atoms with Crippen LogP contribution in [0.5, 0.6) is 0 Å². The van der Waals surface area contributed by atoms with Crippen molar-refractivity contribution >= 4 is 54.2 Å². The number of aromatic nitrogens is 1. The number of sulfonamides is 1. The van der Waals surface area contributed by atoms with Crippen LogP contribution in [-0.4, -0.2) is 57.1 Å². The summed E-state index contributed by atoms with van der Waals surface area (Å²) in [5, 5.41) is 3.77. The standard InChI is InChI=1S/C21H20BrN3O5S/c1-29-21(26)15-4-2-3-5-18(15)24-20-16-12-14(22)6-7-17(16)23-13-19(20)31(27,28)25-8-10-30-11-9-25/h2-7,12-13H,8-11H2,1H3,(H,23,24). The van der Waals surface area contributed by atoms with Gasteiger partial charge in [-0.15, -0.1) is 0 Å². The number of benzene rings is 2. The van der Waals surface area contributed by atoms with Gasteiger partial charge >= 0.3 is 5.97 Å². The lowest BCUT2D eigenvalue weighted by atomic mass is 10.1. The quantitative estimate of drug-likeness (QED) is 0.529. The van der Waals surface area contributed by atoms with Gasteiger partial charge in [-0.3, -0.25) is 4.98 Å². The van der Waals surface area contributed by atoms with Crippen LogP contribution in [-0.2, 0) is 19.5 Å². The molecule has 162 valence electrons. The smallest absolute Gasteiger partial charge is 0.339 e. The van der Waals surface area contributed by atoms with Crippen LogP contribution in [0.25, 0.3) is 10.9 Å². The minimum atomic E-state index is -3.86. The number of nitrogens with zero attached hydrogens (tertiary/aromatic N) is 2. The highest BCUT2D eigenvalue weighted by atomic mass is 79.9. The highest BCUT2D eigenvalue weighted by molar-refractivity contribution is 9.10. The van der Waals surface area contributed by atoms with E-state index in [9.17, 15) is 13.2 Å². The molecule has 1 fully saturated rings. The van der Waals surface area contributed by atoms with Crippen LogP contribution < -0.4 is 5.32 Å². The Balaban J connectivity index is 1.91. The highest BCUT2D eigenvalue weighted by Gasteiger charge is 2.30. The molecule has 8 nitrogen and oxygen atoms in total. The van der Waals surface area contributed by atoms with Gasteiger partial charge < -0.3 is 14.8 Å². The molecule has 0 unspecified atom stereocenters. The van der Waals surface area contributed by atoms with Crippen molar-refractivity contribution in [3.8, 4) is 0 Å². The Bertz CT molecular complexity index is 1240. The largest absolute Gasteiger partial charge is 0.465 e. The first-order valence-electron chi connectivity index (χ1n) is 9.52. The van der Waals surface area contributed by atoms with Gasteiger partial charge in [0.2, 0.25) is 10.0 Å². The Morgan fingerprint density at radius 1 is 1.19 bits per heavy atom. The van der Waals surface area contributed by atoms with Gasteiger partial charge in [0.1, 0.15) is 4.90 Å². The zero-order valence-corrected chi connectivity index (χ0v) is 19.1. The minimum Gasteiger partial charge on any atom is -0.465 e. The van der Waals surface area contributed by atoms with Gasteiger partial charge in [0.05, 0.1) is 42.8 Å². The third-order valence-corrected chi connectivity index (χ3v) is 7.38. The summed E-state index contributed by atoms with van der Waals surface area (Å²) in [6.07, 6.45) is 1.35. The average molecular weight is 506 g/mol. The summed E-state index contributed by atoms with van der Waals surface area (Å²) in [6.45, 7) is 1.19. The second-order valence-corrected chi connectivity index (χ2v) is 9.66. The van der Waals surface area contributed by atoms with E-state index in [0.717, 1.165) is 4.47 Å². The number of carbonyl (C=O) groups excluding carboxylic acids is 1. The number of fused-ring (bicyclic) bond motifs is 1. The van der Waals surface area contributed by atoms with E-state index in [1.165, 1.54) is 17.6 Å². The first kappa shape index (κ1) is 21.7. The average Bonchev–Trinajstić information content (AvgIpc) is 2.79. The molecule has 1 N–H and O–H groups in total. The normalized spacial score (nSPS) is 15.0. The number of para-hydroxylation sites is 1. The molecule has 1 aliphatic heterocycles. The molecule has 1 aromatic heterocycles. The number of halogens is 1. The van der Waals surface area contributed by atoms with Gasteiger partial charge in [-0.1, -0.05) is 28.1 Å². The zero-order chi connectivity index (χ0) is 22.0. The van der Waals surface area contributed by atoms with Gasteiger partial charge in [0.15, 0.2) is 0 Å². The number of morpholine rings is 1. The van der Waals surface area contributed by atoms with Crippen LogP contribution in [0.3, 0.4) is 0 Å². The highest BCUT2D eigenvalue weighted by Crippen LogP contribution is 2.36. The molecule has 2 heterocycles. The van der Waals surface area contributed by atoms with Gasteiger partial charge in [-0.05, 0) is 30.3 Å². The van der Waals surface area contributed by atoms with E-state index in [1.807, 2.05) is 6.07 Å². The predicted molar refractivity (Wildman–Crippen MR) is 120 cm³/mol. The fourth-order valence-electron chi connectivity index (χ4n) is 3.41. The number of nitrogens with one attached hydrogen (secondary N) is 1. The van der Waals surface area contributed by atoms with Crippen molar-refractivity contribution in [1.82, 2.24) is 9.29 Å². The topological polar surface area (TPSA) is 97.8 Å². The Kier molecular flexibility index (Phi) is 6.24. The molecular weight excluding hydrogens is 486 g/mol. The van der Waals surface area contributed by atoms with Crippen LogP contribution in [0.15, 0.2) is 58.0 Å². The summed E-state index contributed by atoms with van der Waals surface area (Å²) < 4.78 is 39.3. The SMILES string of the molecule is COC(=O)c1ccccc1Nc1c(S(=O)(=O)N2CCOCC2)cnc2ccc(Br)cc12. The van der Waals surface area contributed by atoms with Gasteiger partial charge in [0.25, 0.3) is 0 Å². The van der Waals surface area contributed by atoms with E-state index >= 15 is 0 Å². The van der Waals surface area contributed by atoms with E-state index in [-0.39, 0.29) is 18.0 Å². The second kappa shape index (κ2) is 8.91. The van der Waals surface area contributed by atoms with E-state index in [1.54, 1.807) is 36.4 Å². The number of esters is 1. The summed E-state index contributed by atoms with van der Waals surface area (Å²) in [5.74, 6) is -0.528. The molecular formula is C21H20BrN3O5S. The van der Waals surface area contributed by atoms with Crippen molar-refractivity contribution < 1.29 is 22.7 Å². The summed E-state index contributed by atoms with van der Waals surface area (Å²) in [5.41, 5.74) is 1.68. The van der Waals surface area contributed by atoms with Crippen molar-refractivity contribution in [2.24, 2.45) is 0 Å². The lowest BCUT2D eigenvalue weighted by molar-refractivity contribution is 0.0602. The molecule has 1 saturated heterocycles. The predicted octanol–water partition coefficient (Wildman–Crippen LogP) is 3.55. The van der Waals surface area contributed by atoms with Crippen LogP contribution in [0.4, 0.5) is 11.4 Å². The molecule has 10 heteroatoms. The number of hydrogen-bond acceptors (Lipinski definition) is 7. The van der Waals surface area contributed by atoms with Gasteiger partial charge in [0, 0.05) is 29.1 Å². The molecule has 0 spiro atoms. The summed E-state index contributed by atoms with van der Waals surface area (Å²) in [4.78, 5) is 16.6. The molecule has 31 heavy (non-hydrogen) atoms. The van der Waals surface area contributed by atoms with Gasteiger partial charge in [-0.2, -0.15) is 4.31 Å². The molecule has 4 rings (SSSR count). The molecule has 0 bridgehead atoms. The second-order valence-electron chi connectivity index (χ2n) is 6.84. The monoisotopic (exact) mass is 505 g/mol. The van der Waals surface area contributed by atoms with Crippen molar-refractivity contribution in [2.45, 2.75) is 4.90 Å². The third kappa shape index (κ3) is 4.29. The number of anilines is 2. The van der Waals surface area contributed by atoms with Crippen LogP contribution in [0, 0.1) is 0 Å². The first-order chi connectivity index (χ1) is 14.9. The number of hydrogen-bond donors (Lipinski definition) is 1. The summed E-state index contributed by atoms with van der Waals surface area (Å²) in [6, 6.07) is 12.2. The van der Waals surface area contributed by atoms with Gasteiger partial charge in [-0.25, -0.2) is 13.2 Å². The molecule has 0 aliphatic carbocycles. The van der Waals surface area contributed by atoms with Crippen molar-refractivity contribution in [2.75, 3.05) is 38.7 Å². The first-order valence-corrected chi connectivity index (χ1v) is 11.8. The van der Waals surface area contributed by atoms with Crippen molar-refractivity contribution in [1.29, 1.82) is 0 Å². The number of carbonyl (C=O) groups is 1. The molecule has 0 radical (unpaired) electrons. The molecule has 0 atom stereocenters. The molecule has 3 aromatic rings. The maximum absolute atomic E-state index is 13.5. The van der Waals surface area contributed by atoms with E-state index in [4.69, 9.17) is 9.47 Å². The van der Waals surface area contributed by atoms with E-state index < -0.39 is 16.0 Å². The van der Waals surface area contributed by atoms with E-state index in [2.05, 4.69) is 26.2 Å². The maximum atomic E-state index is 13.5. The van der Waals surface area contributed by atoms with Crippen LogP contribution in [0.1, 0.15) is 10.4 Å². The maximum Gasteiger partial charge on any atom is 0.339 e. The number of rotatable bonds is 5. The lowest BCUT2D eigenvalue weighted by Crippen LogP contribution is -2.40. The molecule has 1 aliphatic rings. The number of pyridine rings is 1. The Morgan fingerprint density at radius 3 is 2.68 bits per heavy atom. The summed E-state index contributed by atoms with van der Waals surface area (Å²) in [7, 11) is -2.56.